The lowest BCUT2D eigenvalue weighted by atomic mass is 10.5. The summed E-state index contributed by atoms with van der Waals surface area (Å²) in [4.78, 5) is 0. The van der Waals surface area contributed by atoms with Crippen LogP contribution in [0.15, 0.2) is 0 Å². The number of halogens is 1. The third-order valence-electron chi connectivity index (χ3n) is 0.394. The summed E-state index contributed by atoms with van der Waals surface area (Å²) in [5.74, 6) is 0. The van der Waals surface area contributed by atoms with Gasteiger partial charge in [0, 0.05) is 0 Å². The molecule has 0 spiro atoms. The first-order chi connectivity index (χ1) is 3.63. The Balaban J connectivity index is 3.05. The summed E-state index contributed by atoms with van der Waals surface area (Å²) in [5, 5.41) is -0.257. The molecule has 0 heterocycles. The van der Waals surface area contributed by atoms with E-state index in [9.17, 15) is 8.76 Å². The molecule has 5 heteroatoms. The van der Waals surface area contributed by atoms with Crippen molar-refractivity contribution >= 4 is 23.0 Å². The first kappa shape index (κ1) is 8.36. The zero-order valence-corrected chi connectivity index (χ0v) is 5.87. The lowest BCUT2D eigenvalue weighted by Crippen LogP contribution is -2.05. The van der Waals surface area contributed by atoms with Crippen molar-refractivity contribution in [1.29, 1.82) is 0 Å². The molecule has 0 aliphatic rings. The van der Waals surface area contributed by atoms with Gasteiger partial charge in [0.25, 0.3) is 0 Å². The number of rotatable bonds is 3. The molecule has 0 saturated heterocycles. The predicted octanol–water partition coefficient (Wildman–Crippen LogP) is 0.424. The third kappa shape index (κ3) is 6.36. The number of alkyl halides is 1. The Labute approximate surface area is 55.5 Å². The largest absolute Gasteiger partial charge is 0.750 e. The van der Waals surface area contributed by atoms with Crippen LogP contribution >= 0.6 is 11.6 Å². The van der Waals surface area contributed by atoms with Gasteiger partial charge in [-0.2, -0.15) is 0 Å². The van der Waals surface area contributed by atoms with Gasteiger partial charge in [0.05, 0.1) is 23.3 Å². The Morgan fingerprint density at radius 3 is 2.62 bits per heavy atom. The molecule has 0 saturated carbocycles. The second-order valence-corrected chi connectivity index (χ2v) is 2.66. The van der Waals surface area contributed by atoms with Crippen LogP contribution in [0.25, 0.3) is 0 Å². The highest BCUT2D eigenvalue weighted by atomic mass is 35.5. The van der Waals surface area contributed by atoms with Gasteiger partial charge in [-0.3, -0.25) is 4.18 Å². The lowest BCUT2D eigenvalue weighted by molar-refractivity contribution is 0.303. The standard InChI is InChI=1S/C3H7ClO3S/c1-3(4)2-7-8(5)6/h3H,2H2,1H3,(H,5,6)/p-1. The van der Waals surface area contributed by atoms with Crippen LogP contribution in [0, 0.1) is 0 Å². The van der Waals surface area contributed by atoms with Gasteiger partial charge in [-0.15, -0.1) is 11.6 Å². The van der Waals surface area contributed by atoms with Gasteiger partial charge in [-0.25, -0.2) is 4.21 Å². The van der Waals surface area contributed by atoms with Crippen molar-refractivity contribution in [2.45, 2.75) is 12.3 Å². The lowest BCUT2D eigenvalue weighted by Gasteiger charge is -2.05. The van der Waals surface area contributed by atoms with E-state index < -0.39 is 11.4 Å². The quantitative estimate of drug-likeness (QED) is 0.441. The fourth-order valence-corrected chi connectivity index (χ4v) is 0.602. The predicted molar refractivity (Wildman–Crippen MR) is 30.2 cm³/mol. The van der Waals surface area contributed by atoms with E-state index in [4.69, 9.17) is 11.6 Å². The number of hydrogen-bond acceptors (Lipinski definition) is 3. The van der Waals surface area contributed by atoms with E-state index in [0.29, 0.717) is 0 Å². The highest BCUT2D eigenvalue weighted by Crippen LogP contribution is 1.93. The molecular weight excluding hydrogens is 152 g/mol. The van der Waals surface area contributed by atoms with Crippen molar-refractivity contribution in [2.75, 3.05) is 6.61 Å². The highest BCUT2D eigenvalue weighted by Gasteiger charge is 1.93. The zero-order chi connectivity index (χ0) is 6.57. The van der Waals surface area contributed by atoms with Crippen LogP contribution in [0.4, 0.5) is 0 Å². The average molecular weight is 158 g/mol. The second kappa shape index (κ2) is 4.26. The monoisotopic (exact) mass is 157 g/mol. The van der Waals surface area contributed by atoms with Gasteiger partial charge in [-0.05, 0) is 6.92 Å². The van der Waals surface area contributed by atoms with Crippen molar-refractivity contribution in [1.82, 2.24) is 0 Å². The fourth-order valence-electron chi connectivity index (χ4n) is 0.149. The van der Waals surface area contributed by atoms with Crippen LogP contribution in [-0.2, 0) is 15.5 Å². The van der Waals surface area contributed by atoms with Crippen LogP contribution in [-0.4, -0.2) is 20.7 Å². The van der Waals surface area contributed by atoms with Crippen molar-refractivity contribution in [3.63, 3.8) is 0 Å². The van der Waals surface area contributed by atoms with E-state index in [1.165, 1.54) is 0 Å². The molecule has 0 aliphatic carbocycles. The molecule has 0 aromatic rings. The van der Waals surface area contributed by atoms with Crippen LogP contribution in [0.2, 0.25) is 0 Å². The molecule has 0 aromatic heterocycles. The molecule has 0 amide bonds. The van der Waals surface area contributed by atoms with Crippen LogP contribution in [0.3, 0.4) is 0 Å². The minimum absolute atomic E-state index is 0.0394. The summed E-state index contributed by atoms with van der Waals surface area (Å²) in [6.45, 7) is 1.69. The van der Waals surface area contributed by atoms with Gasteiger partial charge in [0.2, 0.25) is 0 Å². The maximum Gasteiger partial charge on any atom is 0.0842 e. The van der Waals surface area contributed by atoms with Crippen molar-refractivity contribution in [3.8, 4) is 0 Å². The summed E-state index contributed by atoms with van der Waals surface area (Å²) >= 11 is 2.90. The molecule has 8 heavy (non-hydrogen) atoms. The van der Waals surface area contributed by atoms with Crippen LogP contribution in [0.5, 0.6) is 0 Å². The van der Waals surface area contributed by atoms with Crippen molar-refractivity contribution in [2.24, 2.45) is 0 Å². The summed E-state index contributed by atoms with van der Waals surface area (Å²) < 4.78 is 23.3. The molecule has 0 rings (SSSR count). The summed E-state index contributed by atoms with van der Waals surface area (Å²) in [6, 6.07) is 0. The van der Waals surface area contributed by atoms with E-state index in [-0.39, 0.29) is 12.0 Å². The smallest absolute Gasteiger partial charge is 0.0842 e. The van der Waals surface area contributed by atoms with Crippen molar-refractivity contribution < 1.29 is 12.9 Å². The molecule has 0 radical (unpaired) electrons. The Kier molecular flexibility index (Phi) is 4.45. The molecule has 3 nitrogen and oxygen atoms in total. The molecule has 0 aromatic carbocycles. The van der Waals surface area contributed by atoms with E-state index in [1.54, 1.807) is 6.92 Å². The Bertz CT molecular complexity index is 84.6. The summed E-state index contributed by atoms with van der Waals surface area (Å²) in [5.41, 5.74) is 0. The van der Waals surface area contributed by atoms with E-state index >= 15 is 0 Å². The average Bonchev–Trinajstić information content (AvgIpc) is 1.61. The van der Waals surface area contributed by atoms with Gasteiger partial charge in [-0.1, -0.05) is 0 Å². The maximum atomic E-state index is 9.62. The molecule has 0 aliphatic heterocycles. The molecule has 0 N–H and O–H groups in total. The summed E-state index contributed by atoms with van der Waals surface area (Å²) in [7, 11) is 0. The second-order valence-electron chi connectivity index (χ2n) is 1.27. The molecule has 0 fully saturated rings. The zero-order valence-electron chi connectivity index (χ0n) is 4.30. The van der Waals surface area contributed by atoms with Crippen molar-refractivity contribution in [3.05, 3.63) is 0 Å². The first-order valence-electron chi connectivity index (χ1n) is 1.99. The van der Waals surface area contributed by atoms with Gasteiger partial charge < -0.3 is 4.55 Å². The van der Waals surface area contributed by atoms with Gasteiger partial charge in [0.1, 0.15) is 0 Å². The Morgan fingerprint density at radius 2 is 2.50 bits per heavy atom. The molecule has 50 valence electrons. The van der Waals surface area contributed by atoms with Crippen LogP contribution < -0.4 is 0 Å². The van der Waals surface area contributed by atoms with E-state index in [0.717, 1.165) is 0 Å². The highest BCUT2D eigenvalue weighted by molar-refractivity contribution is 7.74. The van der Waals surface area contributed by atoms with Gasteiger partial charge >= 0.3 is 0 Å². The minimum atomic E-state index is -2.42. The van der Waals surface area contributed by atoms with E-state index in [2.05, 4.69) is 4.18 Å². The minimum Gasteiger partial charge on any atom is -0.750 e. The summed E-state index contributed by atoms with van der Waals surface area (Å²) in [6.07, 6.45) is 0. The molecule has 0 bridgehead atoms. The fraction of sp³-hybridized carbons (Fsp3) is 1.00. The number of hydrogen-bond donors (Lipinski definition) is 0. The topological polar surface area (TPSA) is 49.4 Å². The Morgan fingerprint density at radius 1 is 2.00 bits per heavy atom. The maximum absolute atomic E-state index is 9.62. The van der Waals surface area contributed by atoms with E-state index in [1.807, 2.05) is 0 Å². The molecule has 2 atom stereocenters. The third-order valence-corrected chi connectivity index (χ3v) is 0.848. The SMILES string of the molecule is CC(Cl)COS(=O)[O-]. The first-order valence-corrected chi connectivity index (χ1v) is 3.43. The molecular formula is C3H6ClO3S-. The van der Waals surface area contributed by atoms with Crippen LogP contribution in [0.1, 0.15) is 6.92 Å². The van der Waals surface area contributed by atoms with Gasteiger partial charge in [0.15, 0.2) is 0 Å². The molecule has 2 unspecified atom stereocenters. The Hall–Kier alpha value is 0.360. The normalized spacial score (nSPS) is 17.9.